The van der Waals surface area contributed by atoms with Crippen molar-refractivity contribution in [2.75, 3.05) is 13.1 Å². The van der Waals surface area contributed by atoms with Gasteiger partial charge in [-0.25, -0.2) is 10.8 Å². The fraction of sp³-hybridized carbons (Fsp3) is 0.933. The van der Waals surface area contributed by atoms with Crippen molar-refractivity contribution < 1.29 is 0 Å². The maximum absolute atomic E-state index is 5.76. The molecule has 0 aromatic carbocycles. The quantitative estimate of drug-likeness (QED) is 0.347. The van der Waals surface area contributed by atoms with E-state index in [-0.39, 0.29) is 0 Å². The van der Waals surface area contributed by atoms with Gasteiger partial charge in [-0.15, -0.1) is 0 Å². The Kier molecular flexibility index (Phi) is 4.26. The predicted octanol–water partition coefficient (Wildman–Crippen LogP) is 2.26. The van der Waals surface area contributed by atoms with Crippen molar-refractivity contribution in [3.63, 3.8) is 0 Å². The molecule has 3 aliphatic rings. The van der Waals surface area contributed by atoms with E-state index in [0.29, 0.717) is 6.04 Å². The maximum Gasteiger partial charge on any atom is 0.208 e. The standard InChI is InChI=1S/C15H28N4/c16-18-15(17-14-4-2-1-3-5-14)19(10-12-6-7-12)11-13-8-9-13/h12-14H,1-11,16H2,(H,17,18). The number of guanidine groups is 1. The highest BCUT2D eigenvalue weighted by Crippen LogP contribution is 2.34. The molecule has 0 atom stereocenters. The molecule has 19 heavy (non-hydrogen) atoms. The fourth-order valence-electron chi connectivity index (χ4n) is 3.06. The van der Waals surface area contributed by atoms with Crippen molar-refractivity contribution in [1.82, 2.24) is 10.3 Å². The number of hydrogen-bond donors (Lipinski definition) is 2. The van der Waals surface area contributed by atoms with Gasteiger partial charge in [0.05, 0.1) is 6.04 Å². The summed E-state index contributed by atoms with van der Waals surface area (Å²) in [5, 5.41) is 0. The van der Waals surface area contributed by atoms with Gasteiger partial charge in [0.25, 0.3) is 0 Å². The highest BCUT2D eigenvalue weighted by atomic mass is 15.4. The second-order valence-corrected chi connectivity index (χ2v) is 6.68. The first-order chi connectivity index (χ1) is 9.35. The Labute approximate surface area is 116 Å². The van der Waals surface area contributed by atoms with Gasteiger partial charge in [-0.1, -0.05) is 19.3 Å². The number of hydrazine groups is 1. The number of nitrogens with zero attached hydrogens (tertiary/aromatic N) is 2. The maximum atomic E-state index is 5.76. The topological polar surface area (TPSA) is 53.6 Å². The van der Waals surface area contributed by atoms with Gasteiger partial charge >= 0.3 is 0 Å². The van der Waals surface area contributed by atoms with Crippen LogP contribution in [0.5, 0.6) is 0 Å². The average Bonchev–Trinajstić information content (AvgIpc) is 3.32. The Hall–Kier alpha value is -0.770. The largest absolute Gasteiger partial charge is 0.341 e. The molecule has 3 fully saturated rings. The molecule has 3 aliphatic carbocycles. The minimum atomic E-state index is 0.501. The third kappa shape index (κ3) is 4.10. The van der Waals surface area contributed by atoms with Crippen molar-refractivity contribution in [1.29, 1.82) is 0 Å². The van der Waals surface area contributed by atoms with Crippen LogP contribution in [0.4, 0.5) is 0 Å². The normalized spacial score (nSPS) is 25.4. The molecule has 0 aliphatic heterocycles. The van der Waals surface area contributed by atoms with Crippen LogP contribution in [0.2, 0.25) is 0 Å². The zero-order chi connectivity index (χ0) is 13.1. The number of nitrogens with one attached hydrogen (secondary N) is 1. The Morgan fingerprint density at radius 2 is 1.53 bits per heavy atom. The number of hydrogen-bond acceptors (Lipinski definition) is 2. The first-order valence-electron chi connectivity index (χ1n) is 8.14. The Balaban J connectivity index is 1.62. The molecular weight excluding hydrogens is 236 g/mol. The van der Waals surface area contributed by atoms with Crippen LogP contribution in [0, 0.1) is 11.8 Å². The van der Waals surface area contributed by atoms with Crippen molar-refractivity contribution in [2.45, 2.75) is 63.8 Å². The smallest absolute Gasteiger partial charge is 0.208 e. The van der Waals surface area contributed by atoms with Gasteiger partial charge < -0.3 is 4.90 Å². The third-order valence-corrected chi connectivity index (χ3v) is 4.66. The number of rotatable bonds is 5. The molecule has 3 rings (SSSR count). The van der Waals surface area contributed by atoms with Gasteiger partial charge in [-0.2, -0.15) is 0 Å². The summed E-state index contributed by atoms with van der Waals surface area (Å²) in [5.74, 6) is 8.51. The van der Waals surface area contributed by atoms with Crippen LogP contribution >= 0.6 is 0 Å². The second kappa shape index (κ2) is 6.12. The summed E-state index contributed by atoms with van der Waals surface area (Å²) in [6, 6.07) is 0.501. The van der Waals surface area contributed by atoms with E-state index in [1.54, 1.807) is 0 Å². The zero-order valence-corrected chi connectivity index (χ0v) is 12.0. The van der Waals surface area contributed by atoms with Crippen molar-refractivity contribution in [3.05, 3.63) is 0 Å². The molecular formula is C15H28N4. The van der Waals surface area contributed by atoms with Crippen LogP contribution in [0.15, 0.2) is 4.99 Å². The molecule has 0 radical (unpaired) electrons. The van der Waals surface area contributed by atoms with Crippen molar-refractivity contribution in [3.8, 4) is 0 Å². The SMILES string of the molecule is NNC(=NC1CCCCC1)N(CC1CC1)CC1CC1. The molecule has 0 amide bonds. The first kappa shape index (κ1) is 13.2. The van der Waals surface area contributed by atoms with E-state index >= 15 is 0 Å². The lowest BCUT2D eigenvalue weighted by molar-refractivity contribution is 0.360. The van der Waals surface area contributed by atoms with Crippen LogP contribution in [-0.2, 0) is 0 Å². The molecule has 0 heterocycles. The lowest BCUT2D eigenvalue weighted by Gasteiger charge is -2.28. The Morgan fingerprint density at radius 3 is 2.00 bits per heavy atom. The van der Waals surface area contributed by atoms with Crippen LogP contribution in [0.3, 0.4) is 0 Å². The predicted molar refractivity (Wildman–Crippen MR) is 78.7 cm³/mol. The van der Waals surface area contributed by atoms with Crippen LogP contribution in [0.25, 0.3) is 0 Å². The van der Waals surface area contributed by atoms with Gasteiger partial charge in [0.15, 0.2) is 0 Å². The second-order valence-electron chi connectivity index (χ2n) is 6.68. The number of aliphatic imine (C=N–C) groups is 1. The lowest BCUT2D eigenvalue weighted by atomic mass is 9.96. The molecule has 0 aromatic rings. The molecule has 0 saturated heterocycles. The summed E-state index contributed by atoms with van der Waals surface area (Å²) in [4.78, 5) is 7.36. The van der Waals surface area contributed by atoms with E-state index in [1.807, 2.05) is 0 Å². The monoisotopic (exact) mass is 264 g/mol. The summed E-state index contributed by atoms with van der Waals surface area (Å²) in [6.07, 6.45) is 12.1. The Morgan fingerprint density at radius 1 is 0.947 bits per heavy atom. The summed E-state index contributed by atoms with van der Waals surface area (Å²) in [5.41, 5.74) is 2.89. The van der Waals surface area contributed by atoms with E-state index < -0.39 is 0 Å². The first-order valence-corrected chi connectivity index (χ1v) is 8.14. The van der Waals surface area contributed by atoms with Crippen molar-refractivity contribution >= 4 is 5.96 Å². The molecule has 4 nitrogen and oxygen atoms in total. The van der Waals surface area contributed by atoms with E-state index in [1.165, 1.54) is 57.8 Å². The fourth-order valence-corrected chi connectivity index (χ4v) is 3.06. The van der Waals surface area contributed by atoms with Crippen LogP contribution in [0.1, 0.15) is 57.8 Å². The van der Waals surface area contributed by atoms with Gasteiger partial charge in [0, 0.05) is 13.1 Å². The minimum absolute atomic E-state index is 0.501. The van der Waals surface area contributed by atoms with E-state index in [4.69, 9.17) is 10.8 Å². The summed E-state index contributed by atoms with van der Waals surface area (Å²) in [6.45, 7) is 2.32. The van der Waals surface area contributed by atoms with Crippen LogP contribution in [-0.4, -0.2) is 30.0 Å². The molecule has 4 heteroatoms. The lowest BCUT2D eigenvalue weighted by Crippen LogP contribution is -2.47. The highest BCUT2D eigenvalue weighted by Gasteiger charge is 2.31. The molecule has 0 bridgehead atoms. The third-order valence-electron chi connectivity index (χ3n) is 4.66. The summed E-state index contributed by atoms with van der Waals surface area (Å²) in [7, 11) is 0. The molecule has 0 spiro atoms. The van der Waals surface area contributed by atoms with Crippen LogP contribution < -0.4 is 11.3 Å². The molecule has 108 valence electrons. The zero-order valence-electron chi connectivity index (χ0n) is 12.0. The van der Waals surface area contributed by atoms with E-state index in [0.717, 1.165) is 30.9 Å². The minimum Gasteiger partial charge on any atom is -0.341 e. The van der Waals surface area contributed by atoms with Crippen molar-refractivity contribution in [2.24, 2.45) is 22.7 Å². The van der Waals surface area contributed by atoms with E-state index in [9.17, 15) is 0 Å². The molecule has 0 aromatic heterocycles. The van der Waals surface area contributed by atoms with E-state index in [2.05, 4.69) is 10.3 Å². The average molecular weight is 264 g/mol. The summed E-state index contributed by atoms with van der Waals surface area (Å²) >= 11 is 0. The molecule has 0 unspecified atom stereocenters. The highest BCUT2D eigenvalue weighted by molar-refractivity contribution is 5.79. The number of nitrogens with two attached hydrogens (primary N) is 1. The molecule has 3 saturated carbocycles. The van der Waals surface area contributed by atoms with Gasteiger partial charge in [-0.3, -0.25) is 5.43 Å². The van der Waals surface area contributed by atoms with Gasteiger partial charge in [0.2, 0.25) is 5.96 Å². The van der Waals surface area contributed by atoms with Gasteiger partial charge in [0.1, 0.15) is 0 Å². The summed E-state index contributed by atoms with van der Waals surface area (Å²) < 4.78 is 0. The molecule has 3 N–H and O–H groups in total. The van der Waals surface area contributed by atoms with Gasteiger partial charge in [-0.05, 0) is 50.4 Å². The Bertz CT molecular complexity index is 300.